The summed E-state index contributed by atoms with van der Waals surface area (Å²) < 4.78 is 5.45. The van der Waals surface area contributed by atoms with E-state index in [1.54, 1.807) is 12.0 Å². The minimum absolute atomic E-state index is 0.0497. The van der Waals surface area contributed by atoms with Crippen molar-refractivity contribution in [3.05, 3.63) is 29.8 Å². The molecule has 0 spiro atoms. The van der Waals surface area contributed by atoms with Crippen LogP contribution in [0.1, 0.15) is 43.7 Å². The third-order valence-electron chi connectivity index (χ3n) is 4.82. The number of nitrogens with zero attached hydrogens (tertiary/aromatic N) is 2. The van der Waals surface area contributed by atoms with Gasteiger partial charge in [-0.05, 0) is 31.7 Å². The van der Waals surface area contributed by atoms with Gasteiger partial charge >= 0.3 is 0 Å². The molecule has 2 amide bonds. The van der Waals surface area contributed by atoms with Gasteiger partial charge in [0.25, 0.3) is 0 Å². The van der Waals surface area contributed by atoms with E-state index in [-0.39, 0.29) is 24.4 Å². The van der Waals surface area contributed by atoms with Crippen LogP contribution in [0.2, 0.25) is 0 Å². The summed E-state index contributed by atoms with van der Waals surface area (Å²) in [6.45, 7) is 1.67. The van der Waals surface area contributed by atoms with E-state index in [1.807, 2.05) is 29.2 Å². The maximum absolute atomic E-state index is 12.7. The van der Waals surface area contributed by atoms with Crippen LogP contribution >= 0.6 is 0 Å². The summed E-state index contributed by atoms with van der Waals surface area (Å²) in [7, 11) is 1.66. The molecule has 1 aromatic rings. The zero-order chi connectivity index (χ0) is 16.2. The molecular weight excluding hydrogens is 292 g/mol. The molecule has 0 radical (unpaired) electrons. The highest BCUT2D eigenvalue weighted by atomic mass is 16.5. The fourth-order valence-electron chi connectivity index (χ4n) is 3.61. The Hall–Kier alpha value is -2.04. The lowest BCUT2D eigenvalue weighted by molar-refractivity contribution is -0.142. The molecule has 1 atom stereocenters. The van der Waals surface area contributed by atoms with E-state index in [4.69, 9.17) is 4.74 Å². The van der Waals surface area contributed by atoms with Gasteiger partial charge in [0, 0.05) is 25.1 Å². The second kappa shape index (κ2) is 7.02. The Kier molecular flexibility index (Phi) is 4.84. The Balaban J connectivity index is 1.73. The lowest BCUT2D eigenvalue weighted by atomic mass is 10.0. The average Bonchev–Trinajstić information content (AvgIpc) is 3.06. The Bertz CT molecular complexity index is 587. The maximum Gasteiger partial charge on any atom is 0.242 e. The molecule has 2 fully saturated rings. The number of carbonyl (C=O) groups excluding carboxylic acids is 2. The number of benzene rings is 1. The highest BCUT2D eigenvalue weighted by Crippen LogP contribution is 2.36. The van der Waals surface area contributed by atoms with Crippen molar-refractivity contribution >= 4 is 11.8 Å². The van der Waals surface area contributed by atoms with Crippen LogP contribution in [-0.4, -0.2) is 48.4 Å². The molecule has 2 aliphatic heterocycles. The number of para-hydroxylation sites is 1. The van der Waals surface area contributed by atoms with Gasteiger partial charge in [0.2, 0.25) is 11.8 Å². The third kappa shape index (κ3) is 3.33. The molecule has 0 aromatic heterocycles. The maximum atomic E-state index is 12.7. The molecular formula is C18H24N2O3. The molecule has 1 unspecified atom stereocenters. The van der Waals surface area contributed by atoms with Crippen molar-refractivity contribution in [2.24, 2.45) is 0 Å². The van der Waals surface area contributed by atoms with Crippen molar-refractivity contribution in [1.82, 2.24) is 9.80 Å². The highest BCUT2D eigenvalue weighted by molar-refractivity contribution is 5.85. The normalized spacial score (nSPS) is 21.6. The van der Waals surface area contributed by atoms with Gasteiger partial charge in [-0.25, -0.2) is 0 Å². The first-order chi connectivity index (χ1) is 11.2. The average molecular weight is 316 g/mol. The minimum atomic E-state index is 0.0497. The van der Waals surface area contributed by atoms with Crippen LogP contribution in [0.4, 0.5) is 0 Å². The SMILES string of the molecule is COc1ccccc1C1CCCN1C(=O)CN1CCCCC1=O. The smallest absolute Gasteiger partial charge is 0.242 e. The van der Waals surface area contributed by atoms with E-state index in [1.165, 1.54) is 0 Å². The fraction of sp³-hybridized carbons (Fsp3) is 0.556. The van der Waals surface area contributed by atoms with Crippen LogP contribution < -0.4 is 4.74 Å². The van der Waals surface area contributed by atoms with Crippen molar-refractivity contribution in [2.75, 3.05) is 26.7 Å². The molecule has 0 saturated carbocycles. The quantitative estimate of drug-likeness (QED) is 0.857. The first kappa shape index (κ1) is 15.8. The predicted octanol–water partition coefficient (Wildman–Crippen LogP) is 2.37. The van der Waals surface area contributed by atoms with Gasteiger partial charge in [0.05, 0.1) is 19.7 Å². The summed E-state index contributed by atoms with van der Waals surface area (Å²) in [6.07, 6.45) is 4.44. The van der Waals surface area contributed by atoms with E-state index in [0.717, 1.165) is 43.5 Å². The molecule has 2 aliphatic rings. The number of ether oxygens (including phenoxy) is 1. The van der Waals surface area contributed by atoms with Gasteiger partial charge < -0.3 is 14.5 Å². The van der Waals surface area contributed by atoms with Gasteiger partial charge in [0.1, 0.15) is 5.75 Å². The van der Waals surface area contributed by atoms with Crippen molar-refractivity contribution in [3.63, 3.8) is 0 Å². The Morgan fingerprint density at radius 3 is 2.83 bits per heavy atom. The summed E-state index contributed by atoms with van der Waals surface area (Å²) in [5, 5.41) is 0. The minimum Gasteiger partial charge on any atom is -0.496 e. The van der Waals surface area contributed by atoms with E-state index in [0.29, 0.717) is 13.0 Å². The van der Waals surface area contributed by atoms with Gasteiger partial charge in [-0.15, -0.1) is 0 Å². The summed E-state index contributed by atoms with van der Waals surface area (Å²) in [5.41, 5.74) is 1.06. The zero-order valence-corrected chi connectivity index (χ0v) is 13.7. The summed E-state index contributed by atoms with van der Waals surface area (Å²) in [4.78, 5) is 28.3. The predicted molar refractivity (Wildman–Crippen MR) is 87.1 cm³/mol. The summed E-state index contributed by atoms with van der Waals surface area (Å²) in [5.74, 6) is 0.984. The standard InChI is InChI=1S/C18H24N2O3/c1-23-16-9-3-2-7-14(16)15-8-6-12-20(15)18(22)13-19-11-5-4-10-17(19)21/h2-3,7,9,15H,4-6,8,10-13H2,1H3. The van der Waals surface area contributed by atoms with E-state index in [2.05, 4.69) is 0 Å². The fourth-order valence-corrected chi connectivity index (χ4v) is 3.61. The molecule has 1 aromatic carbocycles. The van der Waals surface area contributed by atoms with Crippen molar-refractivity contribution in [3.8, 4) is 5.75 Å². The number of rotatable bonds is 4. The van der Waals surface area contributed by atoms with Crippen molar-refractivity contribution in [2.45, 2.75) is 38.1 Å². The van der Waals surface area contributed by atoms with E-state index < -0.39 is 0 Å². The number of methoxy groups -OCH3 is 1. The van der Waals surface area contributed by atoms with Crippen molar-refractivity contribution in [1.29, 1.82) is 0 Å². The lowest BCUT2D eigenvalue weighted by Gasteiger charge is -2.31. The highest BCUT2D eigenvalue weighted by Gasteiger charge is 2.33. The Labute approximate surface area is 137 Å². The van der Waals surface area contributed by atoms with E-state index in [9.17, 15) is 9.59 Å². The number of hydrogen-bond donors (Lipinski definition) is 0. The number of likely N-dealkylation sites (tertiary alicyclic amines) is 2. The van der Waals surface area contributed by atoms with Gasteiger partial charge in [-0.1, -0.05) is 18.2 Å². The molecule has 0 aliphatic carbocycles. The molecule has 23 heavy (non-hydrogen) atoms. The van der Waals surface area contributed by atoms with Gasteiger partial charge in [-0.3, -0.25) is 9.59 Å². The van der Waals surface area contributed by atoms with Crippen LogP contribution in [0, 0.1) is 0 Å². The summed E-state index contributed by atoms with van der Waals surface area (Å²) >= 11 is 0. The zero-order valence-electron chi connectivity index (χ0n) is 13.7. The van der Waals surface area contributed by atoms with Crippen LogP contribution in [-0.2, 0) is 9.59 Å². The van der Waals surface area contributed by atoms with Gasteiger partial charge in [0.15, 0.2) is 0 Å². The first-order valence-electron chi connectivity index (χ1n) is 8.41. The number of piperidine rings is 1. The van der Waals surface area contributed by atoms with Gasteiger partial charge in [-0.2, -0.15) is 0 Å². The number of carbonyl (C=O) groups is 2. The molecule has 124 valence electrons. The Morgan fingerprint density at radius 1 is 1.22 bits per heavy atom. The molecule has 2 heterocycles. The molecule has 5 nitrogen and oxygen atoms in total. The largest absolute Gasteiger partial charge is 0.496 e. The monoisotopic (exact) mass is 316 g/mol. The molecule has 5 heteroatoms. The molecule has 0 bridgehead atoms. The van der Waals surface area contributed by atoms with Crippen molar-refractivity contribution < 1.29 is 14.3 Å². The summed E-state index contributed by atoms with van der Waals surface area (Å²) in [6, 6.07) is 7.94. The number of amides is 2. The van der Waals surface area contributed by atoms with Crippen LogP contribution in [0.3, 0.4) is 0 Å². The topological polar surface area (TPSA) is 49.9 Å². The third-order valence-corrected chi connectivity index (χ3v) is 4.82. The Morgan fingerprint density at radius 2 is 2.04 bits per heavy atom. The van der Waals surface area contributed by atoms with Crippen LogP contribution in [0.5, 0.6) is 5.75 Å². The molecule has 2 saturated heterocycles. The first-order valence-corrected chi connectivity index (χ1v) is 8.41. The van der Waals surface area contributed by atoms with Crippen LogP contribution in [0.15, 0.2) is 24.3 Å². The molecule has 0 N–H and O–H groups in total. The second-order valence-electron chi connectivity index (χ2n) is 6.26. The second-order valence-corrected chi connectivity index (χ2v) is 6.26. The number of hydrogen-bond acceptors (Lipinski definition) is 3. The molecule has 3 rings (SSSR count). The lowest BCUT2D eigenvalue weighted by Crippen LogP contribution is -2.44. The van der Waals surface area contributed by atoms with E-state index >= 15 is 0 Å². The van der Waals surface area contributed by atoms with Crippen LogP contribution in [0.25, 0.3) is 0 Å².